The molecule has 0 aliphatic heterocycles. The molecule has 0 radical (unpaired) electrons. The van der Waals surface area contributed by atoms with Crippen LogP contribution in [0.2, 0.25) is 0 Å². The minimum Gasteiger partial charge on any atom is -0.483 e. The van der Waals surface area contributed by atoms with Crippen LogP contribution in [0.4, 0.5) is 5.69 Å². The Bertz CT molecular complexity index is 1150. The van der Waals surface area contributed by atoms with Crippen molar-refractivity contribution < 1.29 is 9.53 Å². The molecular formula is C26H27N3O2. The summed E-state index contributed by atoms with van der Waals surface area (Å²) in [6.45, 7) is 6.20. The second-order valence-electron chi connectivity index (χ2n) is 7.81. The molecule has 0 saturated carbocycles. The smallest absolute Gasteiger partial charge is 0.247 e. The lowest BCUT2D eigenvalue weighted by atomic mass is 10.2. The highest BCUT2D eigenvalue weighted by atomic mass is 16.5. The van der Waals surface area contributed by atoms with Gasteiger partial charge in [-0.2, -0.15) is 0 Å². The van der Waals surface area contributed by atoms with E-state index in [9.17, 15) is 4.79 Å². The fraction of sp³-hybridized carbons (Fsp3) is 0.231. The largest absolute Gasteiger partial charge is 0.483 e. The summed E-state index contributed by atoms with van der Waals surface area (Å²) in [5.41, 5.74) is 2.66. The van der Waals surface area contributed by atoms with E-state index in [2.05, 4.69) is 0 Å². The summed E-state index contributed by atoms with van der Waals surface area (Å²) in [6, 6.07) is 27.4. The van der Waals surface area contributed by atoms with Crippen LogP contribution in [-0.4, -0.2) is 21.5 Å². The molecule has 0 aliphatic carbocycles. The van der Waals surface area contributed by atoms with Crippen molar-refractivity contribution in [2.75, 3.05) is 4.90 Å². The number of amides is 1. The topological polar surface area (TPSA) is 47.4 Å². The molecule has 0 N–H and O–H groups in total. The number of anilines is 1. The van der Waals surface area contributed by atoms with Gasteiger partial charge in [-0.25, -0.2) is 4.98 Å². The van der Waals surface area contributed by atoms with Gasteiger partial charge in [-0.3, -0.25) is 4.79 Å². The molecule has 1 atom stereocenters. The third-order valence-electron chi connectivity index (χ3n) is 5.22. The van der Waals surface area contributed by atoms with Crippen LogP contribution in [0.3, 0.4) is 0 Å². The number of hydrogen-bond donors (Lipinski definition) is 0. The number of para-hydroxylation sites is 4. The fourth-order valence-corrected chi connectivity index (χ4v) is 3.86. The van der Waals surface area contributed by atoms with Crippen molar-refractivity contribution >= 4 is 22.6 Å². The van der Waals surface area contributed by atoms with E-state index in [1.54, 1.807) is 0 Å². The molecule has 4 rings (SSSR count). The Morgan fingerprint density at radius 2 is 1.52 bits per heavy atom. The van der Waals surface area contributed by atoms with Crippen molar-refractivity contribution in [3.63, 3.8) is 0 Å². The number of nitrogens with zero attached hydrogens (tertiary/aromatic N) is 3. The highest BCUT2D eigenvalue weighted by molar-refractivity contribution is 5.94. The minimum absolute atomic E-state index is 0.0116. The fourth-order valence-electron chi connectivity index (χ4n) is 3.86. The molecule has 0 fully saturated rings. The normalized spacial score (nSPS) is 12.1. The third kappa shape index (κ3) is 4.45. The van der Waals surface area contributed by atoms with Crippen molar-refractivity contribution in [3.05, 3.63) is 90.8 Å². The first kappa shape index (κ1) is 20.7. The van der Waals surface area contributed by atoms with Crippen LogP contribution in [0.15, 0.2) is 84.9 Å². The molecule has 1 aromatic heterocycles. The van der Waals surface area contributed by atoms with Crippen molar-refractivity contribution in [1.82, 2.24) is 9.55 Å². The van der Waals surface area contributed by atoms with E-state index in [1.165, 1.54) is 0 Å². The lowest BCUT2D eigenvalue weighted by molar-refractivity contribution is -0.119. The number of aromatic nitrogens is 2. The lowest BCUT2D eigenvalue weighted by Crippen LogP contribution is -2.39. The Morgan fingerprint density at radius 3 is 2.19 bits per heavy atom. The molecule has 0 bridgehead atoms. The molecule has 3 aromatic carbocycles. The quantitative estimate of drug-likeness (QED) is 0.395. The molecule has 0 unspecified atom stereocenters. The third-order valence-corrected chi connectivity index (χ3v) is 5.22. The maximum Gasteiger partial charge on any atom is 0.247 e. The molecule has 0 spiro atoms. The summed E-state index contributed by atoms with van der Waals surface area (Å²) in [5, 5.41) is 0. The molecule has 0 aliphatic rings. The molecular weight excluding hydrogens is 386 g/mol. The van der Waals surface area contributed by atoms with Gasteiger partial charge in [-0.05, 0) is 57.2 Å². The molecule has 1 heterocycles. The Kier molecular flexibility index (Phi) is 6.03. The Hall–Kier alpha value is -3.60. The van der Waals surface area contributed by atoms with Gasteiger partial charge >= 0.3 is 0 Å². The summed E-state index contributed by atoms with van der Waals surface area (Å²) < 4.78 is 8.11. The monoisotopic (exact) mass is 413 g/mol. The Balaban J connectivity index is 1.69. The Labute approximate surface area is 182 Å². The van der Waals surface area contributed by atoms with Gasteiger partial charge in [-0.15, -0.1) is 0 Å². The zero-order chi connectivity index (χ0) is 21.8. The van der Waals surface area contributed by atoms with Crippen LogP contribution < -0.4 is 9.64 Å². The number of rotatable bonds is 7. The van der Waals surface area contributed by atoms with Gasteiger partial charge in [0.25, 0.3) is 0 Å². The zero-order valence-corrected chi connectivity index (χ0v) is 18.1. The van der Waals surface area contributed by atoms with Gasteiger partial charge in [0.15, 0.2) is 11.9 Å². The van der Waals surface area contributed by atoms with Gasteiger partial charge in [0.1, 0.15) is 12.3 Å². The SMILES string of the molecule is CC(C)N(C(=O)Cn1c([C@@H](C)Oc2ccccc2)nc2ccccc21)c1ccccc1. The van der Waals surface area contributed by atoms with Crippen molar-refractivity contribution in [3.8, 4) is 5.75 Å². The standard InChI is InChI=1S/C26H27N3O2/c1-19(2)29(21-12-6-4-7-13-21)25(30)18-28-24-17-11-10-16-23(24)27-26(28)20(3)31-22-14-8-5-9-15-22/h4-17,19-20H,18H2,1-3H3/t20-/m1/s1. The van der Waals surface area contributed by atoms with Gasteiger partial charge in [0.2, 0.25) is 5.91 Å². The number of carbonyl (C=O) groups excluding carboxylic acids is 1. The van der Waals surface area contributed by atoms with E-state index in [0.29, 0.717) is 0 Å². The van der Waals surface area contributed by atoms with Crippen LogP contribution in [0.25, 0.3) is 11.0 Å². The summed E-state index contributed by atoms with van der Waals surface area (Å²) in [7, 11) is 0. The number of fused-ring (bicyclic) bond motifs is 1. The van der Waals surface area contributed by atoms with Crippen molar-refractivity contribution in [2.45, 2.75) is 39.5 Å². The van der Waals surface area contributed by atoms with Crippen LogP contribution in [0.1, 0.15) is 32.7 Å². The van der Waals surface area contributed by atoms with Crippen LogP contribution in [0, 0.1) is 0 Å². The first-order chi connectivity index (χ1) is 15.0. The number of imidazole rings is 1. The summed E-state index contributed by atoms with van der Waals surface area (Å²) in [5.74, 6) is 1.51. The lowest BCUT2D eigenvalue weighted by Gasteiger charge is -2.28. The predicted molar refractivity (Wildman–Crippen MR) is 124 cm³/mol. The van der Waals surface area contributed by atoms with E-state index in [0.717, 1.165) is 28.3 Å². The maximum atomic E-state index is 13.5. The molecule has 31 heavy (non-hydrogen) atoms. The predicted octanol–water partition coefficient (Wildman–Crippen LogP) is 5.62. The van der Waals surface area contributed by atoms with Gasteiger partial charge in [0.05, 0.1) is 11.0 Å². The first-order valence-electron chi connectivity index (χ1n) is 10.6. The van der Waals surface area contributed by atoms with E-state index in [1.807, 2.05) is 115 Å². The second kappa shape index (κ2) is 9.04. The molecule has 5 heteroatoms. The van der Waals surface area contributed by atoms with Gasteiger partial charge < -0.3 is 14.2 Å². The van der Waals surface area contributed by atoms with E-state index in [-0.39, 0.29) is 24.6 Å². The summed E-state index contributed by atoms with van der Waals surface area (Å²) in [6.07, 6.45) is -0.313. The highest BCUT2D eigenvalue weighted by Gasteiger charge is 2.24. The molecule has 158 valence electrons. The minimum atomic E-state index is -0.313. The van der Waals surface area contributed by atoms with Gasteiger partial charge in [-0.1, -0.05) is 48.5 Å². The zero-order valence-electron chi connectivity index (χ0n) is 18.1. The molecule has 0 saturated heterocycles. The average Bonchev–Trinajstić information content (AvgIpc) is 3.14. The van der Waals surface area contributed by atoms with Crippen LogP contribution >= 0.6 is 0 Å². The molecule has 4 aromatic rings. The second-order valence-corrected chi connectivity index (χ2v) is 7.81. The number of ether oxygens (including phenoxy) is 1. The van der Waals surface area contributed by atoms with Crippen molar-refractivity contribution in [1.29, 1.82) is 0 Å². The molecule has 5 nitrogen and oxygen atoms in total. The number of hydrogen-bond acceptors (Lipinski definition) is 3. The molecule has 1 amide bonds. The van der Waals surface area contributed by atoms with Gasteiger partial charge in [0, 0.05) is 11.7 Å². The van der Waals surface area contributed by atoms with Crippen LogP contribution in [-0.2, 0) is 11.3 Å². The maximum absolute atomic E-state index is 13.5. The number of carbonyl (C=O) groups is 1. The van der Waals surface area contributed by atoms with E-state index in [4.69, 9.17) is 9.72 Å². The Morgan fingerprint density at radius 1 is 0.903 bits per heavy atom. The first-order valence-corrected chi connectivity index (χ1v) is 10.6. The van der Waals surface area contributed by atoms with Crippen LogP contribution in [0.5, 0.6) is 5.75 Å². The highest BCUT2D eigenvalue weighted by Crippen LogP contribution is 2.26. The van der Waals surface area contributed by atoms with Crippen molar-refractivity contribution in [2.24, 2.45) is 0 Å². The summed E-state index contributed by atoms with van der Waals surface area (Å²) >= 11 is 0. The number of benzene rings is 3. The van der Waals surface area contributed by atoms with E-state index >= 15 is 0 Å². The van der Waals surface area contributed by atoms with E-state index < -0.39 is 0 Å². The summed E-state index contributed by atoms with van der Waals surface area (Å²) in [4.78, 5) is 20.1. The average molecular weight is 414 g/mol.